The molecule has 1 N–H and O–H groups in total. The predicted molar refractivity (Wildman–Crippen MR) is 57.7 cm³/mol. The number of rotatable bonds is 2. The normalized spacial score (nSPS) is 10.2. The first-order valence-electron chi connectivity index (χ1n) is 4.77. The van der Waals surface area contributed by atoms with Gasteiger partial charge in [0.2, 0.25) is 0 Å². The highest BCUT2D eigenvalue weighted by Crippen LogP contribution is 2.15. The molecule has 1 aromatic rings. The van der Waals surface area contributed by atoms with Crippen molar-refractivity contribution >= 4 is 0 Å². The van der Waals surface area contributed by atoms with Crippen LogP contribution in [-0.2, 0) is 5.54 Å². The second-order valence-corrected chi connectivity index (χ2v) is 3.09. The molecule has 2 heteroatoms. The standard InChI is InChI=1S/C9H14N2.C2H6/c1-9(2,10-3)8-6-4-5-7-11-8;1-2/h4-7,10H,1-3H3;1-2H3. The summed E-state index contributed by atoms with van der Waals surface area (Å²) in [5, 5.41) is 3.20. The molecular weight excluding hydrogens is 160 g/mol. The number of hydrogen-bond donors (Lipinski definition) is 1. The third-order valence-corrected chi connectivity index (χ3v) is 1.93. The Balaban J connectivity index is 0.000000671. The Kier molecular flexibility index (Phi) is 5.31. The van der Waals surface area contributed by atoms with Crippen LogP contribution < -0.4 is 5.32 Å². The summed E-state index contributed by atoms with van der Waals surface area (Å²) in [6.45, 7) is 8.21. The molecule has 1 heterocycles. The van der Waals surface area contributed by atoms with Crippen LogP contribution in [0.5, 0.6) is 0 Å². The summed E-state index contributed by atoms with van der Waals surface area (Å²) in [5.74, 6) is 0. The minimum Gasteiger partial charge on any atom is -0.310 e. The van der Waals surface area contributed by atoms with Crippen molar-refractivity contribution in [2.45, 2.75) is 33.2 Å². The second kappa shape index (κ2) is 5.70. The van der Waals surface area contributed by atoms with Gasteiger partial charge in [0, 0.05) is 6.20 Å². The number of nitrogens with one attached hydrogen (secondary N) is 1. The van der Waals surface area contributed by atoms with Crippen molar-refractivity contribution < 1.29 is 0 Å². The molecule has 0 spiro atoms. The van der Waals surface area contributed by atoms with Crippen LogP contribution in [0.4, 0.5) is 0 Å². The maximum atomic E-state index is 4.26. The lowest BCUT2D eigenvalue weighted by Gasteiger charge is -2.22. The first-order chi connectivity index (χ1) is 6.17. The fourth-order valence-electron chi connectivity index (χ4n) is 0.861. The fraction of sp³-hybridized carbons (Fsp3) is 0.545. The Morgan fingerprint density at radius 2 is 1.85 bits per heavy atom. The van der Waals surface area contributed by atoms with Crippen LogP contribution in [-0.4, -0.2) is 12.0 Å². The Morgan fingerprint density at radius 3 is 2.23 bits per heavy atom. The second-order valence-electron chi connectivity index (χ2n) is 3.09. The van der Waals surface area contributed by atoms with Crippen molar-refractivity contribution in [3.8, 4) is 0 Å². The van der Waals surface area contributed by atoms with E-state index in [9.17, 15) is 0 Å². The van der Waals surface area contributed by atoms with Crippen LogP contribution in [0.3, 0.4) is 0 Å². The molecule has 13 heavy (non-hydrogen) atoms. The van der Waals surface area contributed by atoms with Crippen LogP contribution in [0.25, 0.3) is 0 Å². The highest BCUT2D eigenvalue weighted by Gasteiger charge is 2.17. The molecule has 0 aliphatic heterocycles. The van der Waals surface area contributed by atoms with E-state index in [1.54, 1.807) is 0 Å². The smallest absolute Gasteiger partial charge is 0.0598 e. The lowest BCUT2D eigenvalue weighted by Crippen LogP contribution is -2.33. The molecule has 0 bridgehead atoms. The summed E-state index contributed by atoms with van der Waals surface area (Å²) in [5.41, 5.74) is 1.05. The van der Waals surface area contributed by atoms with Crippen molar-refractivity contribution in [3.05, 3.63) is 30.1 Å². The van der Waals surface area contributed by atoms with Crippen molar-refractivity contribution in [3.63, 3.8) is 0 Å². The van der Waals surface area contributed by atoms with Gasteiger partial charge in [-0.05, 0) is 33.0 Å². The minimum absolute atomic E-state index is 0.0265. The molecular formula is C11H20N2. The molecule has 0 fully saturated rings. The lowest BCUT2D eigenvalue weighted by atomic mass is 10.0. The van der Waals surface area contributed by atoms with Gasteiger partial charge in [0.15, 0.2) is 0 Å². The Labute approximate surface area is 81.4 Å². The highest BCUT2D eigenvalue weighted by molar-refractivity contribution is 5.12. The van der Waals surface area contributed by atoms with Gasteiger partial charge in [0.05, 0.1) is 11.2 Å². The molecule has 0 unspecified atom stereocenters. The van der Waals surface area contributed by atoms with Crippen molar-refractivity contribution in [1.82, 2.24) is 10.3 Å². The number of hydrogen-bond acceptors (Lipinski definition) is 2. The Morgan fingerprint density at radius 1 is 1.23 bits per heavy atom. The number of aromatic nitrogens is 1. The monoisotopic (exact) mass is 180 g/mol. The van der Waals surface area contributed by atoms with E-state index in [0.717, 1.165) is 5.69 Å². The van der Waals surface area contributed by atoms with Crippen LogP contribution >= 0.6 is 0 Å². The molecule has 74 valence electrons. The minimum atomic E-state index is -0.0265. The molecule has 1 rings (SSSR count). The van der Waals surface area contributed by atoms with E-state index >= 15 is 0 Å². The number of pyridine rings is 1. The zero-order valence-corrected chi connectivity index (χ0v) is 9.26. The topological polar surface area (TPSA) is 24.9 Å². The molecule has 0 atom stereocenters. The van der Waals surface area contributed by atoms with Gasteiger partial charge in [-0.3, -0.25) is 4.98 Å². The summed E-state index contributed by atoms with van der Waals surface area (Å²) < 4.78 is 0. The van der Waals surface area contributed by atoms with Gasteiger partial charge < -0.3 is 5.32 Å². The van der Waals surface area contributed by atoms with Crippen molar-refractivity contribution in [2.24, 2.45) is 0 Å². The molecule has 1 aromatic heterocycles. The molecule has 0 aromatic carbocycles. The summed E-state index contributed by atoms with van der Waals surface area (Å²) >= 11 is 0. The SMILES string of the molecule is CC.CNC(C)(C)c1ccccn1. The molecule has 0 radical (unpaired) electrons. The van der Waals surface area contributed by atoms with E-state index in [0.29, 0.717) is 0 Å². The van der Waals surface area contributed by atoms with Crippen LogP contribution in [0.1, 0.15) is 33.4 Å². The number of nitrogens with zero attached hydrogens (tertiary/aromatic N) is 1. The molecule has 0 saturated heterocycles. The summed E-state index contributed by atoms with van der Waals surface area (Å²) in [7, 11) is 1.94. The van der Waals surface area contributed by atoms with Gasteiger partial charge in [-0.25, -0.2) is 0 Å². The first kappa shape index (κ1) is 12.1. The quantitative estimate of drug-likeness (QED) is 0.756. The van der Waals surface area contributed by atoms with E-state index < -0.39 is 0 Å². The third-order valence-electron chi connectivity index (χ3n) is 1.93. The molecule has 2 nitrogen and oxygen atoms in total. The van der Waals surface area contributed by atoms with Crippen molar-refractivity contribution in [1.29, 1.82) is 0 Å². The average Bonchev–Trinajstić information content (AvgIpc) is 2.22. The van der Waals surface area contributed by atoms with Gasteiger partial charge >= 0.3 is 0 Å². The van der Waals surface area contributed by atoms with E-state index in [2.05, 4.69) is 24.1 Å². The molecule has 0 aliphatic rings. The average molecular weight is 180 g/mol. The van der Waals surface area contributed by atoms with Gasteiger partial charge in [0.25, 0.3) is 0 Å². The van der Waals surface area contributed by atoms with Crippen LogP contribution in [0.2, 0.25) is 0 Å². The van der Waals surface area contributed by atoms with Crippen molar-refractivity contribution in [2.75, 3.05) is 7.05 Å². The van der Waals surface area contributed by atoms with Gasteiger partial charge in [-0.15, -0.1) is 0 Å². The van der Waals surface area contributed by atoms with Crippen LogP contribution in [0.15, 0.2) is 24.4 Å². The van der Waals surface area contributed by atoms with E-state index in [1.807, 2.05) is 45.3 Å². The van der Waals surface area contributed by atoms with E-state index in [1.165, 1.54) is 0 Å². The maximum Gasteiger partial charge on any atom is 0.0598 e. The first-order valence-corrected chi connectivity index (χ1v) is 4.77. The Bertz CT molecular complexity index is 217. The van der Waals surface area contributed by atoms with Gasteiger partial charge in [0.1, 0.15) is 0 Å². The van der Waals surface area contributed by atoms with Crippen LogP contribution in [0, 0.1) is 0 Å². The summed E-state index contributed by atoms with van der Waals surface area (Å²) in [6, 6.07) is 5.95. The highest BCUT2D eigenvalue weighted by atomic mass is 15.0. The third kappa shape index (κ3) is 3.55. The van der Waals surface area contributed by atoms with Gasteiger partial charge in [-0.2, -0.15) is 0 Å². The molecule has 0 saturated carbocycles. The molecule has 0 amide bonds. The Hall–Kier alpha value is -0.890. The maximum absolute atomic E-state index is 4.26. The van der Waals surface area contributed by atoms with E-state index in [4.69, 9.17) is 0 Å². The zero-order valence-electron chi connectivity index (χ0n) is 9.26. The summed E-state index contributed by atoms with van der Waals surface area (Å²) in [4.78, 5) is 4.26. The molecule has 0 aliphatic carbocycles. The van der Waals surface area contributed by atoms with Gasteiger partial charge in [-0.1, -0.05) is 19.9 Å². The predicted octanol–water partition coefficient (Wildman–Crippen LogP) is 2.56. The zero-order chi connectivity index (χ0) is 10.3. The largest absolute Gasteiger partial charge is 0.310 e. The lowest BCUT2D eigenvalue weighted by molar-refractivity contribution is 0.431. The summed E-state index contributed by atoms with van der Waals surface area (Å²) in [6.07, 6.45) is 1.81. The van der Waals surface area contributed by atoms with E-state index in [-0.39, 0.29) is 5.54 Å². The fourth-order valence-corrected chi connectivity index (χ4v) is 0.861.